The van der Waals surface area contributed by atoms with E-state index in [9.17, 15) is 5.26 Å². The van der Waals surface area contributed by atoms with Crippen molar-refractivity contribution in [2.45, 2.75) is 32.4 Å². The van der Waals surface area contributed by atoms with Crippen LogP contribution in [0.1, 0.15) is 30.4 Å². The zero-order valence-electron chi connectivity index (χ0n) is 19.8. The van der Waals surface area contributed by atoms with Crippen molar-refractivity contribution < 1.29 is 0 Å². The van der Waals surface area contributed by atoms with Gasteiger partial charge in [0.1, 0.15) is 5.82 Å². The van der Waals surface area contributed by atoms with Crippen molar-refractivity contribution in [1.82, 2.24) is 24.1 Å². The molecule has 9 heteroatoms. The van der Waals surface area contributed by atoms with Crippen LogP contribution in [0, 0.1) is 18.3 Å². The number of pyridine rings is 1. The lowest BCUT2D eigenvalue weighted by Crippen LogP contribution is -2.60. The third-order valence-electron chi connectivity index (χ3n) is 6.62. The van der Waals surface area contributed by atoms with Gasteiger partial charge in [0, 0.05) is 30.9 Å². The predicted octanol–water partition coefficient (Wildman–Crippen LogP) is 4.05. The second-order valence-corrected chi connectivity index (χ2v) is 9.49. The van der Waals surface area contributed by atoms with Crippen molar-refractivity contribution in [2.75, 3.05) is 19.6 Å². The lowest BCUT2D eigenvalue weighted by atomic mass is 9.87. The number of likely N-dealkylation sites (tertiary alicyclic amines) is 1. The van der Waals surface area contributed by atoms with Crippen LogP contribution in [0.15, 0.2) is 53.5 Å². The summed E-state index contributed by atoms with van der Waals surface area (Å²) in [7, 11) is 0. The molecule has 5 rings (SSSR count). The van der Waals surface area contributed by atoms with Gasteiger partial charge in [-0.2, -0.15) is 5.26 Å². The van der Waals surface area contributed by atoms with E-state index in [1.807, 2.05) is 53.8 Å². The molecular formula is C26H27ClN8. The maximum Gasteiger partial charge on any atom is 0.161 e. The van der Waals surface area contributed by atoms with Gasteiger partial charge in [-0.05, 0) is 55.4 Å². The first-order valence-corrected chi connectivity index (χ1v) is 12.0. The zero-order valence-corrected chi connectivity index (χ0v) is 20.6. The van der Waals surface area contributed by atoms with Crippen molar-refractivity contribution in [1.29, 1.82) is 5.26 Å². The molecule has 0 radical (unpaired) electrons. The number of halogens is 1. The Morgan fingerprint density at radius 3 is 2.80 bits per heavy atom. The molecule has 1 saturated heterocycles. The minimum absolute atomic E-state index is 0.346. The number of likely N-dealkylation sites (N-methyl/N-ethyl adjacent to an activating group) is 1. The lowest BCUT2D eigenvalue weighted by Gasteiger charge is -2.46. The molecule has 2 N–H and O–H groups in total. The first-order valence-electron chi connectivity index (χ1n) is 11.6. The number of allylic oxidation sites excluding steroid dienone is 1. The molecule has 0 unspecified atom stereocenters. The summed E-state index contributed by atoms with van der Waals surface area (Å²) in [5.41, 5.74) is 11.6. The van der Waals surface area contributed by atoms with Gasteiger partial charge >= 0.3 is 0 Å². The Balaban J connectivity index is 1.57. The van der Waals surface area contributed by atoms with Crippen LogP contribution >= 0.6 is 11.6 Å². The summed E-state index contributed by atoms with van der Waals surface area (Å²) in [6, 6.07) is 16.2. The Bertz CT molecular complexity index is 1500. The number of aliphatic imine (C=N–C) groups is 1. The monoisotopic (exact) mass is 486 g/mol. The summed E-state index contributed by atoms with van der Waals surface area (Å²) in [6.45, 7) is 7.20. The molecule has 8 nitrogen and oxygen atoms in total. The highest BCUT2D eigenvalue weighted by atomic mass is 35.5. The summed E-state index contributed by atoms with van der Waals surface area (Å²) in [6.07, 6.45) is 3.97. The first-order chi connectivity index (χ1) is 16.9. The third-order valence-corrected chi connectivity index (χ3v) is 6.85. The second kappa shape index (κ2) is 9.17. The number of aromatic nitrogens is 4. The van der Waals surface area contributed by atoms with Gasteiger partial charge < -0.3 is 10.3 Å². The number of rotatable bonds is 7. The fourth-order valence-electron chi connectivity index (χ4n) is 4.83. The Kier molecular flexibility index (Phi) is 6.05. The van der Waals surface area contributed by atoms with Gasteiger partial charge in [-0.3, -0.25) is 14.3 Å². The molecule has 1 aliphatic heterocycles. The summed E-state index contributed by atoms with van der Waals surface area (Å²) in [5, 5.41) is 18.5. The summed E-state index contributed by atoms with van der Waals surface area (Å²) in [4.78, 5) is 7.03. The van der Waals surface area contributed by atoms with Crippen LogP contribution in [0.5, 0.6) is 0 Å². The average molecular weight is 487 g/mol. The van der Waals surface area contributed by atoms with Crippen molar-refractivity contribution in [2.24, 2.45) is 10.7 Å². The zero-order chi connectivity index (χ0) is 24.6. The number of nitrogens with two attached hydrogens (primary N) is 1. The first kappa shape index (κ1) is 23.1. The third kappa shape index (κ3) is 4.29. The smallest absolute Gasteiger partial charge is 0.161 e. The van der Waals surface area contributed by atoms with E-state index in [1.54, 1.807) is 6.21 Å². The molecule has 1 fully saturated rings. The van der Waals surface area contributed by atoms with Gasteiger partial charge in [0.15, 0.2) is 5.65 Å². The molecule has 178 valence electrons. The van der Waals surface area contributed by atoms with E-state index in [4.69, 9.17) is 22.3 Å². The Hall–Kier alpha value is -3.67. The number of benzene rings is 1. The SMILES string of the molecule is CCN1CC(CC#N)(N=C/C=C(\N)c2cc3c(ccc4nnc(C)n43)n2Cc2cccc(Cl)c2)C1. The minimum atomic E-state index is -0.346. The number of hydrogen-bond donors (Lipinski definition) is 1. The molecule has 0 spiro atoms. The maximum absolute atomic E-state index is 9.27. The number of nitriles is 1. The topological polar surface area (TPSA) is 101 Å². The van der Waals surface area contributed by atoms with E-state index in [-0.39, 0.29) is 5.54 Å². The molecule has 1 aliphatic rings. The van der Waals surface area contributed by atoms with E-state index in [2.05, 4.69) is 38.7 Å². The van der Waals surface area contributed by atoms with Crippen molar-refractivity contribution in [3.8, 4) is 6.07 Å². The summed E-state index contributed by atoms with van der Waals surface area (Å²) in [5.74, 6) is 0.810. The Morgan fingerprint density at radius 1 is 1.23 bits per heavy atom. The van der Waals surface area contributed by atoms with E-state index < -0.39 is 0 Å². The van der Waals surface area contributed by atoms with Crippen molar-refractivity contribution in [3.05, 3.63) is 70.6 Å². The fraction of sp³-hybridized carbons (Fsp3) is 0.308. The van der Waals surface area contributed by atoms with Crippen LogP contribution in [0.3, 0.4) is 0 Å². The van der Waals surface area contributed by atoms with Crippen molar-refractivity contribution in [3.63, 3.8) is 0 Å². The molecule has 0 aliphatic carbocycles. The van der Waals surface area contributed by atoms with E-state index >= 15 is 0 Å². The molecule has 0 saturated carbocycles. The standard InChI is InChI=1S/C26H27ClN8/c1-3-33-16-26(17-33,10-11-28)30-12-9-21(29)23-14-24-22(7-8-25-32-31-18(2)35(24)25)34(23)15-19-5-4-6-20(27)13-19/h4-9,12-14H,3,10,15-17,29H2,1-2H3/b21-9-,30-12?. The summed E-state index contributed by atoms with van der Waals surface area (Å²) < 4.78 is 4.21. The molecule has 4 aromatic rings. The van der Waals surface area contributed by atoms with Crippen LogP contribution in [0.4, 0.5) is 0 Å². The molecule has 0 amide bonds. The molecule has 1 aromatic carbocycles. The van der Waals surface area contributed by atoms with E-state index in [0.717, 1.165) is 53.4 Å². The highest BCUT2D eigenvalue weighted by Crippen LogP contribution is 2.29. The quantitative estimate of drug-likeness (QED) is 0.397. The highest BCUT2D eigenvalue weighted by Gasteiger charge is 2.41. The van der Waals surface area contributed by atoms with E-state index in [1.165, 1.54) is 0 Å². The number of aryl methyl sites for hydroxylation is 1. The molecule has 3 aromatic heterocycles. The highest BCUT2D eigenvalue weighted by molar-refractivity contribution is 6.30. The van der Waals surface area contributed by atoms with Crippen molar-refractivity contribution >= 4 is 40.2 Å². The van der Waals surface area contributed by atoms with Gasteiger partial charge in [0.25, 0.3) is 0 Å². The fourth-order valence-corrected chi connectivity index (χ4v) is 5.04. The van der Waals surface area contributed by atoms with Crippen LogP contribution < -0.4 is 5.73 Å². The van der Waals surface area contributed by atoms with Gasteiger partial charge in [0.05, 0.1) is 40.5 Å². The largest absolute Gasteiger partial charge is 0.397 e. The molecule has 4 heterocycles. The van der Waals surface area contributed by atoms with Crippen LogP contribution in [-0.4, -0.2) is 55.5 Å². The van der Waals surface area contributed by atoms with Crippen LogP contribution in [0.25, 0.3) is 22.4 Å². The maximum atomic E-state index is 9.27. The van der Waals surface area contributed by atoms with Crippen LogP contribution in [-0.2, 0) is 6.54 Å². The van der Waals surface area contributed by atoms with Crippen LogP contribution in [0.2, 0.25) is 5.02 Å². The van der Waals surface area contributed by atoms with Gasteiger partial charge in [0.2, 0.25) is 0 Å². The number of nitrogens with zero attached hydrogens (tertiary/aromatic N) is 7. The molecule has 35 heavy (non-hydrogen) atoms. The Morgan fingerprint density at radius 2 is 2.06 bits per heavy atom. The molecule has 0 bridgehead atoms. The van der Waals surface area contributed by atoms with Gasteiger partial charge in [-0.15, -0.1) is 10.2 Å². The molecule has 0 atom stereocenters. The normalized spacial score (nSPS) is 16.2. The molecular weight excluding hydrogens is 460 g/mol. The van der Waals surface area contributed by atoms with E-state index in [0.29, 0.717) is 23.7 Å². The number of fused-ring (bicyclic) bond motifs is 3. The minimum Gasteiger partial charge on any atom is -0.397 e. The number of hydrogen-bond acceptors (Lipinski definition) is 6. The predicted molar refractivity (Wildman–Crippen MR) is 140 cm³/mol. The second-order valence-electron chi connectivity index (χ2n) is 9.05. The average Bonchev–Trinajstić information content (AvgIpc) is 3.37. The lowest BCUT2D eigenvalue weighted by molar-refractivity contribution is 0.0824. The van der Waals surface area contributed by atoms with Gasteiger partial charge in [-0.25, -0.2) is 0 Å². The summed E-state index contributed by atoms with van der Waals surface area (Å²) >= 11 is 6.26. The van der Waals surface area contributed by atoms with Gasteiger partial charge in [-0.1, -0.05) is 30.7 Å². The Labute approximate surface area is 208 Å².